The van der Waals surface area contributed by atoms with Crippen LogP contribution in [0.5, 0.6) is 11.5 Å². The van der Waals surface area contributed by atoms with E-state index >= 15 is 0 Å². The van der Waals surface area contributed by atoms with Crippen LogP contribution in [0, 0.1) is 18.2 Å². The van der Waals surface area contributed by atoms with E-state index < -0.39 is 11.4 Å². The monoisotopic (exact) mass is 371 g/mol. The SMILES string of the molecule is COc1cccc2c1OC[C@]1(C(=O)O)CN(Cc3ccc(C)cc3F)CC21. The Labute approximate surface area is 157 Å². The van der Waals surface area contributed by atoms with Crippen LogP contribution in [0.3, 0.4) is 0 Å². The van der Waals surface area contributed by atoms with Crippen LogP contribution >= 0.6 is 0 Å². The van der Waals surface area contributed by atoms with Gasteiger partial charge in [0.1, 0.15) is 17.8 Å². The Morgan fingerprint density at radius 1 is 1.41 bits per heavy atom. The van der Waals surface area contributed by atoms with Crippen LogP contribution in [-0.2, 0) is 11.3 Å². The van der Waals surface area contributed by atoms with Gasteiger partial charge in [-0.25, -0.2) is 4.39 Å². The molecule has 0 spiro atoms. The van der Waals surface area contributed by atoms with Gasteiger partial charge in [-0.05, 0) is 24.6 Å². The number of carbonyl (C=O) groups is 1. The minimum Gasteiger partial charge on any atom is -0.493 e. The number of ether oxygens (including phenoxy) is 2. The molecule has 27 heavy (non-hydrogen) atoms. The van der Waals surface area contributed by atoms with Crippen molar-refractivity contribution in [1.82, 2.24) is 4.90 Å². The maximum absolute atomic E-state index is 14.3. The summed E-state index contributed by atoms with van der Waals surface area (Å²) in [6.07, 6.45) is 0. The van der Waals surface area contributed by atoms with Crippen molar-refractivity contribution >= 4 is 5.97 Å². The normalized spacial score (nSPS) is 24.0. The van der Waals surface area contributed by atoms with E-state index in [1.807, 2.05) is 30.0 Å². The summed E-state index contributed by atoms with van der Waals surface area (Å²) in [4.78, 5) is 14.2. The van der Waals surface area contributed by atoms with Crippen molar-refractivity contribution in [1.29, 1.82) is 0 Å². The minimum absolute atomic E-state index is 0.0766. The van der Waals surface area contributed by atoms with E-state index in [1.165, 1.54) is 6.07 Å². The number of hydrogen-bond acceptors (Lipinski definition) is 4. The van der Waals surface area contributed by atoms with Gasteiger partial charge in [-0.15, -0.1) is 0 Å². The first-order chi connectivity index (χ1) is 12.9. The molecule has 1 fully saturated rings. The topological polar surface area (TPSA) is 59.0 Å². The molecule has 2 aromatic carbocycles. The lowest BCUT2D eigenvalue weighted by molar-refractivity contribution is -0.152. The second kappa shape index (κ2) is 6.53. The molecular formula is C21H22FNO4. The van der Waals surface area contributed by atoms with Crippen molar-refractivity contribution in [3.05, 3.63) is 58.9 Å². The van der Waals surface area contributed by atoms with Gasteiger partial charge in [-0.3, -0.25) is 9.69 Å². The highest BCUT2D eigenvalue weighted by Crippen LogP contribution is 2.52. The van der Waals surface area contributed by atoms with Crippen LogP contribution in [0.25, 0.3) is 0 Å². The molecule has 0 bridgehead atoms. The number of aryl methyl sites for hydroxylation is 1. The highest BCUT2D eigenvalue weighted by molar-refractivity contribution is 5.79. The summed E-state index contributed by atoms with van der Waals surface area (Å²) in [6, 6.07) is 10.7. The lowest BCUT2D eigenvalue weighted by Gasteiger charge is -2.36. The van der Waals surface area contributed by atoms with Gasteiger partial charge >= 0.3 is 5.97 Å². The summed E-state index contributed by atoms with van der Waals surface area (Å²) in [6.45, 7) is 3.14. The lowest BCUT2D eigenvalue weighted by Crippen LogP contribution is -2.45. The number of halogens is 1. The largest absolute Gasteiger partial charge is 0.493 e. The Morgan fingerprint density at radius 3 is 2.93 bits per heavy atom. The maximum Gasteiger partial charge on any atom is 0.315 e. The van der Waals surface area contributed by atoms with Gasteiger partial charge in [-0.1, -0.05) is 24.3 Å². The standard InChI is InChI=1S/C21H22FNO4/c1-13-6-7-14(17(22)8-13)9-23-10-16-15-4-3-5-18(26-2)19(15)27-12-21(16,11-23)20(24)25/h3-8,16H,9-12H2,1-2H3,(H,24,25)/t16?,21-/m1/s1. The van der Waals surface area contributed by atoms with E-state index in [-0.39, 0.29) is 18.3 Å². The summed E-state index contributed by atoms with van der Waals surface area (Å²) >= 11 is 0. The zero-order valence-corrected chi connectivity index (χ0v) is 15.4. The Hall–Kier alpha value is -2.60. The van der Waals surface area contributed by atoms with Crippen molar-refractivity contribution in [2.24, 2.45) is 5.41 Å². The van der Waals surface area contributed by atoms with Crippen LogP contribution < -0.4 is 9.47 Å². The maximum atomic E-state index is 14.3. The molecule has 2 atom stereocenters. The number of likely N-dealkylation sites (tertiary alicyclic amines) is 1. The number of hydrogen-bond donors (Lipinski definition) is 1. The third kappa shape index (κ3) is 2.84. The van der Waals surface area contributed by atoms with Gasteiger partial charge in [0.25, 0.3) is 0 Å². The smallest absolute Gasteiger partial charge is 0.315 e. The fourth-order valence-corrected chi connectivity index (χ4v) is 4.29. The van der Waals surface area contributed by atoms with Gasteiger partial charge in [0.05, 0.1) is 7.11 Å². The zero-order chi connectivity index (χ0) is 19.2. The average molecular weight is 371 g/mol. The number of carboxylic acid groups (broad SMARTS) is 1. The summed E-state index contributed by atoms with van der Waals surface area (Å²) in [5, 5.41) is 10.0. The van der Waals surface area contributed by atoms with Crippen molar-refractivity contribution in [2.75, 3.05) is 26.8 Å². The van der Waals surface area contributed by atoms with E-state index in [0.717, 1.165) is 11.1 Å². The lowest BCUT2D eigenvalue weighted by atomic mass is 9.73. The highest BCUT2D eigenvalue weighted by atomic mass is 19.1. The number of benzene rings is 2. The molecule has 2 aromatic rings. The first-order valence-corrected chi connectivity index (χ1v) is 8.95. The van der Waals surface area contributed by atoms with Crippen molar-refractivity contribution in [2.45, 2.75) is 19.4 Å². The fraction of sp³-hybridized carbons (Fsp3) is 0.381. The van der Waals surface area contributed by atoms with E-state index in [9.17, 15) is 14.3 Å². The molecule has 0 aliphatic carbocycles. The quantitative estimate of drug-likeness (QED) is 0.894. The molecule has 6 heteroatoms. The second-order valence-corrected chi connectivity index (χ2v) is 7.45. The number of fused-ring (bicyclic) bond motifs is 3. The molecule has 2 aliphatic heterocycles. The molecule has 4 rings (SSSR count). The third-order valence-electron chi connectivity index (χ3n) is 5.72. The summed E-state index contributed by atoms with van der Waals surface area (Å²) in [7, 11) is 1.57. The first-order valence-electron chi connectivity index (χ1n) is 8.95. The molecule has 0 aromatic heterocycles. The third-order valence-corrected chi connectivity index (χ3v) is 5.72. The molecule has 2 heterocycles. The van der Waals surface area contributed by atoms with Crippen LogP contribution in [0.4, 0.5) is 4.39 Å². The summed E-state index contributed by atoms with van der Waals surface area (Å²) < 4.78 is 25.5. The van der Waals surface area contributed by atoms with Gasteiger partial charge in [0.15, 0.2) is 11.5 Å². The predicted molar refractivity (Wildman–Crippen MR) is 97.7 cm³/mol. The Bertz CT molecular complexity index is 900. The molecule has 1 unspecified atom stereocenters. The Kier molecular flexibility index (Phi) is 4.30. The van der Waals surface area contributed by atoms with E-state index in [2.05, 4.69) is 0 Å². The number of carboxylic acids is 1. The Morgan fingerprint density at radius 2 is 2.22 bits per heavy atom. The fourth-order valence-electron chi connectivity index (χ4n) is 4.29. The van der Waals surface area contributed by atoms with Gasteiger partial charge in [-0.2, -0.15) is 0 Å². The number of aliphatic carboxylic acids is 1. The minimum atomic E-state index is -1.04. The van der Waals surface area contributed by atoms with Crippen LogP contribution in [-0.4, -0.2) is 42.8 Å². The summed E-state index contributed by atoms with van der Waals surface area (Å²) in [5.74, 6) is -0.150. The molecule has 0 saturated carbocycles. The number of rotatable bonds is 4. The Balaban J connectivity index is 1.68. The number of methoxy groups -OCH3 is 1. The van der Waals surface area contributed by atoms with Crippen LogP contribution in [0.1, 0.15) is 22.6 Å². The molecule has 0 amide bonds. The van der Waals surface area contributed by atoms with Crippen LogP contribution in [0.2, 0.25) is 0 Å². The van der Waals surface area contributed by atoms with E-state index in [1.54, 1.807) is 19.2 Å². The highest BCUT2D eigenvalue weighted by Gasteiger charge is 2.56. The number of para-hydroxylation sites is 1. The van der Waals surface area contributed by atoms with E-state index in [0.29, 0.717) is 36.7 Å². The average Bonchev–Trinajstić information content (AvgIpc) is 3.03. The first kappa shape index (κ1) is 17.8. The van der Waals surface area contributed by atoms with Gasteiger partial charge in [0.2, 0.25) is 0 Å². The molecule has 142 valence electrons. The molecule has 2 aliphatic rings. The van der Waals surface area contributed by atoms with Crippen molar-refractivity contribution < 1.29 is 23.8 Å². The van der Waals surface area contributed by atoms with Crippen LogP contribution in [0.15, 0.2) is 36.4 Å². The number of nitrogens with zero attached hydrogens (tertiary/aromatic N) is 1. The molecule has 1 saturated heterocycles. The van der Waals surface area contributed by atoms with Gasteiger partial charge in [0, 0.05) is 36.7 Å². The summed E-state index contributed by atoms with van der Waals surface area (Å²) in [5.41, 5.74) is 1.24. The van der Waals surface area contributed by atoms with Crippen molar-refractivity contribution in [3.63, 3.8) is 0 Å². The zero-order valence-electron chi connectivity index (χ0n) is 15.4. The molecule has 0 radical (unpaired) electrons. The molecular weight excluding hydrogens is 349 g/mol. The molecule has 1 N–H and O–H groups in total. The molecule has 5 nitrogen and oxygen atoms in total. The van der Waals surface area contributed by atoms with Gasteiger partial charge < -0.3 is 14.6 Å². The predicted octanol–water partition coefficient (Wildman–Crippen LogP) is 3.21. The second-order valence-electron chi connectivity index (χ2n) is 7.45. The van der Waals surface area contributed by atoms with E-state index in [4.69, 9.17) is 9.47 Å². The van der Waals surface area contributed by atoms with Crippen molar-refractivity contribution in [3.8, 4) is 11.5 Å².